The number of aromatic nitrogens is 3. The summed E-state index contributed by atoms with van der Waals surface area (Å²) in [5, 5.41) is 20.9. The van der Waals surface area contributed by atoms with Crippen LogP contribution >= 0.6 is 0 Å². The third-order valence-electron chi connectivity index (χ3n) is 9.20. The van der Waals surface area contributed by atoms with Gasteiger partial charge in [0, 0.05) is 64.3 Å². The fraction of sp³-hybridized carbons (Fsp3) is 0.545. The summed E-state index contributed by atoms with van der Waals surface area (Å²) in [6, 6.07) is 7.57. The van der Waals surface area contributed by atoms with E-state index in [9.17, 15) is 14.7 Å². The van der Waals surface area contributed by atoms with Crippen LogP contribution in [0.2, 0.25) is 0 Å². The van der Waals surface area contributed by atoms with Crippen LogP contribution in [0.4, 0.5) is 11.8 Å². The van der Waals surface area contributed by atoms with Crippen LogP contribution < -0.4 is 25.6 Å². The molecule has 0 radical (unpaired) electrons. The Kier molecular flexibility index (Phi) is 9.98. The van der Waals surface area contributed by atoms with E-state index in [-0.39, 0.29) is 36.1 Å². The lowest BCUT2D eigenvalue weighted by molar-refractivity contribution is -0.129. The number of nitrogens with one attached hydrogen (secondary N) is 3. The number of amides is 2. The van der Waals surface area contributed by atoms with Gasteiger partial charge in [-0.2, -0.15) is 4.98 Å². The van der Waals surface area contributed by atoms with Crippen molar-refractivity contribution in [2.45, 2.75) is 83.7 Å². The topological polar surface area (TPSA) is 158 Å². The molecule has 1 aromatic carbocycles. The Morgan fingerprint density at radius 2 is 1.91 bits per heavy atom. The van der Waals surface area contributed by atoms with Crippen molar-refractivity contribution in [3.8, 4) is 5.75 Å². The number of piperidine rings is 2. The number of fused-ring (bicyclic) bond motifs is 1. The van der Waals surface area contributed by atoms with Gasteiger partial charge in [0.25, 0.3) is 5.91 Å². The smallest absolute Gasteiger partial charge is 0.270 e. The van der Waals surface area contributed by atoms with E-state index in [1.165, 1.54) is 12.8 Å². The number of nitrogens with zero attached hydrogens (tertiary/aromatic N) is 5. The number of hydrogen-bond donors (Lipinski definition) is 4. The fourth-order valence-electron chi connectivity index (χ4n) is 6.33. The Bertz CT molecular complexity index is 1520. The zero-order chi connectivity index (χ0) is 32.0. The number of aliphatic hydroxyl groups excluding tert-OH is 1. The molecule has 4 N–H and O–H groups in total. The van der Waals surface area contributed by atoms with E-state index < -0.39 is 6.10 Å². The van der Waals surface area contributed by atoms with E-state index in [0.29, 0.717) is 50.2 Å². The van der Waals surface area contributed by atoms with Crippen LogP contribution in [-0.4, -0.2) is 87.7 Å². The van der Waals surface area contributed by atoms with Gasteiger partial charge in [-0.05, 0) is 68.7 Å². The Morgan fingerprint density at radius 1 is 1.11 bits per heavy atom. The zero-order valence-electron chi connectivity index (χ0n) is 26.6. The molecule has 3 aliphatic heterocycles. The number of rotatable bonds is 10. The average Bonchev–Trinajstić information content (AvgIpc) is 3.50. The highest BCUT2D eigenvalue weighted by atomic mass is 16.5. The molecule has 2 amide bonds. The molecular weight excluding hydrogens is 588 g/mol. The quantitative estimate of drug-likeness (QED) is 0.260. The van der Waals surface area contributed by atoms with Gasteiger partial charge >= 0.3 is 0 Å². The molecule has 246 valence electrons. The standard InChI is InChI=1S/C33H44N8O5/c1-21-30(46-20-36-21)19-45-26-7-6-23-15-27(34-17-24(23)14-26)29(43)18-35-32(44)28-16-31(37-25-8-12-40(13-9-25)22(2)42)39-33(38-28)41-10-4-3-5-11-41/h6-7,14,16,20,25,27,29,34,43H,3-5,8-13,15,17-19H2,1-2H3,(H,35,44)(H,37,38,39)/t27-,29+/m0/s1. The fourth-order valence-corrected chi connectivity index (χ4v) is 6.33. The first-order valence-electron chi connectivity index (χ1n) is 16.3. The molecule has 2 fully saturated rings. The number of anilines is 2. The van der Waals surface area contributed by atoms with Gasteiger partial charge in [-0.3, -0.25) is 9.59 Å². The third-order valence-corrected chi connectivity index (χ3v) is 9.20. The number of likely N-dealkylation sites (tertiary alicyclic amines) is 1. The van der Waals surface area contributed by atoms with Crippen molar-refractivity contribution in [1.29, 1.82) is 0 Å². The second-order valence-electron chi connectivity index (χ2n) is 12.5. The van der Waals surface area contributed by atoms with Gasteiger partial charge in [-0.15, -0.1) is 0 Å². The molecule has 0 aliphatic carbocycles. The number of carbonyl (C=O) groups is 2. The van der Waals surface area contributed by atoms with Crippen LogP contribution in [0.1, 0.15) is 72.1 Å². The second kappa shape index (κ2) is 14.5. The first-order chi connectivity index (χ1) is 22.3. The summed E-state index contributed by atoms with van der Waals surface area (Å²) < 4.78 is 11.3. The molecule has 3 aliphatic rings. The van der Waals surface area contributed by atoms with Crippen LogP contribution in [0.3, 0.4) is 0 Å². The lowest BCUT2D eigenvalue weighted by atomic mass is 9.92. The minimum absolute atomic E-state index is 0.0822. The molecule has 0 spiro atoms. The van der Waals surface area contributed by atoms with E-state index in [1.54, 1.807) is 13.0 Å². The number of aryl methyl sites for hydroxylation is 1. The minimum Gasteiger partial charge on any atom is -0.486 e. The summed E-state index contributed by atoms with van der Waals surface area (Å²) in [6.45, 7) is 7.54. The summed E-state index contributed by atoms with van der Waals surface area (Å²) in [5.74, 6) is 2.33. The van der Waals surface area contributed by atoms with Gasteiger partial charge in [0.2, 0.25) is 11.9 Å². The van der Waals surface area contributed by atoms with Crippen molar-refractivity contribution < 1.29 is 23.8 Å². The highest BCUT2D eigenvalue weighted by molar-refractivity contribution is 5.93. The number of oxazole rings is 1. The largest absolute Gasteiger partial charge is 0.486 e. The van der Waals surface area contributed by atoms with Crippen LogP contribution in [0, 0.1) is 6.92 Å². The van der Waals surface area contributed by atoms with E-state index in [0.717, 1.165) is 61.3 Å². The van der Waals surface area contributed by atoms with Crippen LogP contribution in [0.25, 0.3) is 0 Å². The molecule has 0 saturated carbocycles. The van der Waals surface area contributed by atoms with Crippen molar-refractivity contribution in [2.75, 3.05) is 42.9 Å². The highest BCUT2D eigenvalue weighted by Crippen LogP contribution is 2.25. The van der Waals surface area contributed by atoms with Crippen LogP contribution in [-0.2, 0) is 24.4 Å². The maximum absolute atomic E-state index is 13.4. The van der Waals surface area contributed by atoms with Crippen LogP contribution in [0.5, 0.6) is 5.75 Å². The summed E-state index contributed by atoms with van der Waals surface area (Å²) >= 11 is 0. The van der Waals surface area contributed by atoms with E-state index in [2.05, 4.69) is 30.8 Å². The highest BCUT2D eigenvalue weighted by Gasteiger charge is 2.27. The number of aliphatic hydroxyl groups is 1. The van der Waals surface area contributed by atoms with E-state index in [4.69, 9.17) is 14.1 Å². The molecule has 13 heteroatoms. The average molecular weight is 633 g/mol. The SMILES string of the molecule is CC(=O)N1CCC(Nc2cc(C(=O)NC[C@@H](O)[C@@H]3Cc4ccc(OCc5ocnc5C)cc4CN3)nc(N3CCCCC3)n2)CC1. The molecule has 0 bridgehead atoms. The van der Waals surface area contributed by atoms with Crippen molar-refractivity contribution in [2.24, 2.45) is 0 Å². The van der Waals surface area contributed by atoms with E-state index >= 15 is 0 Å². The van der Waals surface area contributed by atoms with E-state index in [1.807, 2.05) is 30.0 Å². The zero-order valence-corrected chi connectivity index (χ0v) is 26.6. The number of carbonyl (C=O) groups excluding carboxylic acids is 2. The van der Waals surface area contributed by atoms with Gasteiger partial charge in [0.15, 0.2) is 12.2 Å². The molecule has 2 saturated heterocycles. The van der Waals surface area contributed by atoms with Crippen molar-refractivity contribution in [1.82, 2.24) is 30.5 Å². The normalized spacial score (nSPS) is 19.3. The molecular formula is C33H44N8O5. The van der Waals surface area contributed by atoms with Gasteiger partial charge < -0.3 is 40.0 Å². The predicted octanol–water partition coefficient (Wildman–Crippen LogP) is 2.57. The van der Waals surface area contributed by atoms with Crippen molar-refractivity contribution >= 4 is 23.6 Å². The lowest BCUT2D eigenvalue weighted by Gasteiger charge is -2.32. The Hall–Kier alpha value is -4.23. The van der Waals surface area contributed by atoms with Crippen molar-refractivity contribution in [3.63, 3.8) is 0 Å². The Morgan fingerprint density at radius 3 is 2.65 bits per heavy atom. The maximum atomic E-state index is 13.4. The predicted molar refractivity (Wildman–Crippen MR) is 172 cm³/mol. The molecule has 0 unspecified atom stereocenters. The number of hydrogen-bond acceptors (Lipinski definition) is 11. The molecule has 2 atom stereocenters. The number of ether oxygens (including phenoxy) is 1. The van der Waals surface area contributed by atoms with Gasteiger partial charge in [-0.25, -0.2) is 9.97 Å². The first-order valence-corrected chi connectivity index (χ1v) is 16.3. The maximum Gasteiger partial charge on any atom is 0.270 e. The molecule has 2 aromatic heterocycles. The molecule has 13 nitrogen and oxygen atoms in total. The first kappa shape index (κ1) is 31.7. The van der Waals surface area contributed by atoms with Gasteiger partial charge in [0.05, 0.1) is 11.8 Å². The third kappa shape index (κ3) is 7.76. The molecule has 5 heterocycles. The number of benzene rings is 1. The van der Waals surface area contributed by atoms with Gasteiger partial charge in [-0.1, -0.05) is 6.07 Å². The lowest BCUT2D eigenvalue weighted by Crippen LogP contribution is -2.49. The monoisotopic (exact) mass is 632 g/mol. The summed E-state index contributed by atoms with van der Waals surface area (Å²) in [5.41, 5.74) is 3.31. The Balaban J connectivity index is 1.06. The summed E-state index contributed by atoms with van der Waals surface area (Å²) in [6.07, 6.45) is 6.16. The van der Waals surface area contributed by atoms with Gasteiger partial charge in [0.1, 0.15) is 23.9 Å². The van der Waals surface area contributed by atoms with Crippen LogP contribution in [0.15, 0.2) is 35.1 Å². The molecule has 46 heavy (non-hydrogen) atoms. The Labute approximate surface area is 269 Å². The molecule has 3 aromatic rings. The summed E-state index contributed by atoms with van der Waals surface area (Å²) in [7, 11) is 0. The minimum atomic E-state index is -0.796. The second-order valence-corrected chi connectivity index (χ2v) is 12.5. The van der Waals surface area contributed by atoms with Crippen molar-refractivity contribution in [3.05, 3.63) is 58.9 Å². The summed E-state index contributed by atoms with van der Waals surface area (Å²) in [4.78, 5) is 42.6. The molecule has 6 rings (SSSR count).